The Morgan fingerprint density at radius 3 is 2.82 bits per heavy atom. The van der Waals surface area contributed by atoms with Crippen molar-refractivity contribution in [1.82, 2.24) is 14.5 Å². The van der Waals surface area contributed by atoms with Crippen LogP contribution >= 0.6 is 11.5 Å². The van der Waals surface area contributed by atoms with Crippen molar-refractivity contribution in [3.05, 3.63) is 12.0 Å². The number of methoxy groups -OCH3 is 1. The molecule has 2 heterocycles. The van der Waals surface area contributed by atoms with Crippen molar-refractivity contribution in [2.45, 2.75) is 11.1 Å². The van der Waals surface area contributed by atoms with E-state index < -0.39 is 10.0 Å². The first-order valence-corrected chi connectivity index (χ1v) is 6.61. The van der Waals surface area contributed by atoms with Crippen molar-refractivity contribution in [2.75, 3.05) is 11.8 Å². The van der Waals surface area contributed by atoms with E-state index in [0.717, 1.165) is 11.5 Å². The molecule has 0 radical (unpaired) electrons. The highest BCUT2D eigenvalue weighted by Crippen LogP contribution is 2.22. The number of aromatic nitrogens is 3. The number of rotatable bonds is 4. The van der Waals surface area contributed by atoms with E-state index >= 15 is 0 Å². The van der Waals surface area contributed by atoms with Crippen molar-refractivity contribution in [1.29, 1.82) is 0 Å². The molecule has 0 aliphatic rings. The van der Waals surface area contributed by atoms with Gasteiger partial charge in [-0.2, -0.15) is 9.36 Å². The molecule has 0 saturated carbocycles. The lowest BCUT2D eigenvalue weighted by molar-refractivity contribution is 0.395. The number of aryl methyl sites for hydroxylation is 1. The van der Waals surface area contributed by atoms with Crippen LogP contribution in [0.5, 0.6) is 5.88 Å². The second-order valence-corrected chi connectivity index (χ2v) is 5.65. The van der Waals surface area contributed by atoms with Crippen molar-refractivity contribution in [3.63, 3.8) is 0 Å². The van der Waals surface area contributed by atoms with E-state index in [2.05, 4.69) is 23.8 Å². The Labute approximate surface area is 101 Å². The average Bonchev–Trinajstić information content (AvgIpc) is 2.86. The highest BCUT2D eigenvalue weighted by Gasteiger charge is 2.20. The van der Waals surface area contributed by atoms with E-state index in [1.807, 2.05) is 0 Å². The molecule has 10 heteroatoms. The summed E-state index contributed by atoms with van der Waals surface area (Å²) in [5, 5.41) is 3.43. The maximum atomic E-state index is 11.8. The Balaban J connectivity index is 2.24. The van der Waals surface area contributed by atoms with E-state index in [1.54, 1.807) is 6.92 Å². The molecule has 0 aliphatic heterocycles. The zero-order valence-corrected chi connectivity index (χ0v) is 10.5. The minimum atomic E-state index is -3.75. The third kappa shape index (κ3) is 2.53. The van der Waals surface area contributed by atoms with Crippen LogP contribution in [0, 0.1) is 6.92 Å². The van der Waals surface area contributed by atoms with Crippen molar-refractivity contribution < 1.29 is 17.7 Å². The first kappa shape index (κ1) is 11.8. The number of anilines is 1. The summed E-state index contributed by atoms with van der Waals surface area (Å²) in [6.45, 7) is 1.56. The predicted molar refractivity (Wildman–Crippen MR) is 58.5 cm³/mol. The summed E-state index contributed by atoms with van der Waals surface area (Å²) in [6, 6.07) is 1.31. The number of ether oxygens (including phenoxy) is 1. The van der Waals surface area contributed by atoms with Crippen LogP contribution in [0.25, 0.3) is 0 Å². The van der Waals surface area contributed by atoms with Crippen LogP contribution in [0.1, 0.15) is 5.89 Å². The molecule has 0 bridgehead atoms. The minimum Gasteiger partial charge on any atom is -0.480 e. The maximum Gasteiger partial charge on any atom is 0.277 e. The molecule has 0 aromatic carbocycles. The van der Waals surface area contributed by atoms with E-state index in [1.165, 1.54) is 13.2 Å². The average molecular weight is 276 g/mol. The molecule has 0 spiro atoms. The third-order valence-corrected chi connectivity index (χ3v) is 4.24. The van der Waals surface area contributed by atoms with Gasteiger partial charge in [0.15, 0.2) is 4.21 Å². The van der Waals surface area contributed by atoms with Gasteiger partial charge in [-0.15, -0.1) is 0 Å². The first-order chi connectivity index (χ1) is 8.01. The molecule has 17 heavy (non-hydrogen) atoms. The molecule has 0 saturated heterocycles. The SMILES string of the molecule is COc1cc(S(=O)(=O)Nc2noc(C)n2)sn1. The fourth-order valence-electron chi connectivity index (χ4n) is 0.978. The Hall–Kier alpha value is -1.68. The molecule has 92 valence electrons. The summed E-state index contributed by atoms with van der Waals surface area (Å²) in [5.41, 5.74) is 0. The van der Waals surface area contributed by atoms with Crippen LogP contribution in [0.3, 0.4) is 0 Å². The zero-order chi connectivity index (χ0) is 12.5. The lowest BCUT2D eigenvalue weighted by Crippen LogP contribution is -2.12. The minimum absolute atomic E-state index is 0.0109. The molecule has 0 amide bonds. The van der Waals surface area contributed by atoms with Gasteiger partial charge in [0.2, 0.25) is 11.8 Å². The lowest BCUT2D eigenvalue weighted by atomic mass is 10.7. The third-order valence-electron chi connectivity index (χ3n) is 1.69. The van der Waals surface area contributed by atoms with Gasteiger partial charge in [-0.1, -0.05) is 0 Å². The van der Waals surface area contributed by atoms with Crippen LogP contribution in [0.15, 0.2) is 14.8 Å². The lowest BCUT2D eigenvalue weighted by Gasteiger charge is -1.98. The van der Waals surface area contributed by atoms with E-state index in [-0.39, 0.29) is 21.9 Å². The van der Waals surface area contributed by atoms with Crippen molar-refractivity contribution in [2.24, 2.45) is 0 Å². The molecular weight excluding hydrogens is 268 g/mol. The first-order valence-electron chi connectivity index (χ1n) is 4.35. The molecule has 0 aliphatic carbocycles. The number of nitrogens with one attached hydrogen (secondary N) is 1. The molecule has 8 nitrogen and oxygen atoms in total. The fourth-order valence-corrected chi connectivity index (χ4v) is 2.75. The topological polar surface area (TPSA) is 107 Å². The van der Waals surface area contributed by atoms with Gasteiger partial charge in [0.25, 0.3) is 16.0 Å². The fraction of sp³-hybridized carbons (Fsp3) is 0.286. The summed E-state index contributed by atoms with van der Waals surface area (Å²) in [6.07, 6.45) is 0. The Bertz CT molecular complexity index is 617. The largest absolute Gasteiger partial charge is 0.480 e. The van der Waals surface area contributed by atoms with E-state index in [0.29, 0.717) is 0 Å². The maximum absolute atomic E-state index is 11.8. The van der Waals surface area contributed by atoms with E-state index in [4.69, 9.17) is 4.74 Å². The number of hydrogen-bond acceptors (Lipinski definition) is 8. The number of sulfonamides is 1. The normalized spacial score (nSPS) is 11.4. The van der Waals surface area contributed by atoms with Crippen LogP contribution in [0.4, 0.5) is 5.95 Å². The van der Waals surface area contributed by atoms with Gasteiger partial charge >= 0.3 is 0 Å². The molecule has 2 rings (SSSR count). The van der Waals surface area contributed by atoms with Gasteiger partial charge in [-0.25, -0.2) is 13.1 Å². The van der Waals surface area contributed by atoms with Crippen molar-refractivity contribution >= 4 is 27.5 Å². The molecule has 0 unspecified atom stereocenters. The predicted octanol–water partition coefficient (Wildman–Crippen LogP) is 0.644. The van der Waals surface area contributed by atoms with Gasteiger partial charge in [0, 0.05) is 13.0 Å². The van der Waals surface area contributed by atoms with Gasteiger partial charge in [-0.3, -0.25) is 0 Å². The summed E-state index contributed by atoms with van der Waals surface area (Å²) in [4.78, 5) is 3.73. The number of hydrogen-bond donors (Lipinski definition) is 1. The van der Waals surface area contributed by atoms with Gasteiger partial charge < -0.3 is 9.26 Å². The Morgan fingerprint density at radius 2 is 2.29 bits per heavy atom. The second-order valence-electron chi connectivity index (χ2n) is 2.93. The van der Waals surface area contributed by atoms with Gasteiger partial charge in [-0.05, 0) is 16.7 Å². The molecule has 0 atom stereocenters. The van der Waals surface area contributed by atoms with Crippen LogP contribution in [0.2, 0.25) is 0 Å². The molecule has 2 aromatic rings. The second kappa shape index (κ2) is 4.30. The summed E-state index contributed by atoms with van der Waals surface area (Å²) >= 11 is 0.795. The Kier molecular flexibility index (Phi) is 2.98. The van der Waals surface area contributed by atoms with Gasteiger partial charge in [0.1, 0.15) is 0 Å². The molecule has 2 aromatic heterocycles. The van der Waals surface area contributed by atoms with E-state index in [9.17, 15) is 8.42 Å². The van der Waals surface area contributed by atoms with Crippen LogP contribution < -0.4 is 9.46 Å². The molecular formula is C7H8N4O4S2. The van der Waals surface area contributed by atoms with Crippen LogP contribution in [-0.4, -0.2) is 30.0 Å². The zero-order valence-electron chi connectivity index (χ0n) is 8.87. The number of nitrogens with zero attached hydrogens (tertiary/aromatic N) is 3. The van der Waals surface area contributed by atoms with Gasteiger partial charge in [0.05, 0.1) is 7.11 Å². The highest BCUT2D eigenvalue weighted by molar-refractivity contribution is 7.94. The summed E-state index contributed by atoms with van der Waals surface area (Å²) in [5.74, 6) is 0.388. The summed E-state index contributed by atoms with van der Waals surface area (Å²) < 4.78 is 39.1. The smallest absolute Gasteiger partial charge is 0.277 e. The monoisotopic (exact) mass is 276 g/mol. The highest BCUT2D eigenvalue weighted by atomic mass is 32.2. The Morgan fingerprint density at radius 1 is 1.53 bits per heavy atom. The van der Waals surface area contributed by atoms with Crippen molar-refractivity contribution in [3.8, 4) is 5.88 Å². The quantitative estimate of drug-likeness (QED) is 0.873. The molecule has 0 fully saturated rings. The molecule has 1 N–H and O–H groups in total. The standard InChI is InChI=1S/C7H8N4O4S2/c1-4-8-7(9-15-4)11-17(12,13)6-3-5(14-2)10-16-6/h3H,1-2H3,(H,9,11). The van der Waals surface area contributed by atoms with Crippen LogP contribution in [-0.2, 0) is 10.0 Å². The summed E-state index contributed by atoms with van der Waals surface area (Å²) in [7, 11) is -2.34.